The molecule has 1 saturated heterocycles. The number of nitrogens with one attached hydrogen (secondary N) is 1. The van der Waals surface area contributed by atoms with Crippen molar-refractivity contribution in [1.29, 1.82) is 0 Å². The van der Waals surface area contributed by atoms with E-state index in [0.29, 0.717) is 12.8 Å². The first-order chi connectivity index (χ1) is 31.0. The molecule has 64 heavy (non-hydrogen) atoms. The Hall–Kier alpha value is -1.16. The molecular formula is C51H99NO11S. The van der Waals surface area contributed by atoms with Gasteiger partial charge in [0.15, 0.2) is 6.29 Å². The van der Waals surface area contributed by atoms with Crippen LogP contribution in [0.5, 0.6) is 0 Å². The van der Waals surface area contributed by atoms with Crippen molar-refractivity contribution in [2.24, 2.45) is 0 Å². The Morgan fingerprint density at radius 2 is 1.00 bits per heavy atom. The van der Waals surface area contributed by atoms with Crippen molar-refractivity contribution in [3.63, 3.8) is 0 Å². The van der Waals surface area contributed by atoms with E-state index in [1.807, 2.05) is 0 Å². The molecule has 1 heterocycles. The van der Waals surface area contributed by atoms with Crippen molar-refractivity contribution < 1.29 is 51.8 Å². The Bertz CT molecular complexity index is 1190. The molecule has 0 radical (unpaired) electrons. The van der Waals surface area contributed by atoms with Crippen molar-refractivity contribution >= 4 is 16.3 Å². The van der Waals surface area contributed by atoms with E-state index in [-0.39, 0.29) is 18.9 Å². The number of aliphatic hydroxyl groups excluding tert-OH is 4. The number of ether oxygens (including phenoxy) is 2. The van der Waals surface area contributed by atoms with Crippen LogP contribution in [0.2, 0.25) is 0 Å². The molecule has 1 aliphatic heterocycles. The zero-order chi connectivity index (χ0) is 46.9. The summed E-state index contributed by atoms with van der Waals surface area (Å²) in [5.74, 6) is -0.231. The van der Waals surface area contributed by atoms with Gasteiger partial charge in [-0.3, -0.25) is 9.35 Å². The van der Waals surface area contributed by atoms with Gasteiger partial charge in [0.05, 0.1) is 25.4 Å². The second-order valence-electron chi connectivity index (χ2n) is 18.8. The summed E-state index contributed by atoms with van der Waals surface area (Å²) in [6, 6.07) is -0.857. The summed E-state index contributed by atoms with van der Waals surface area (Å²) in [6.45, 7) is 3.47. The van der Waals surface area contributed by atoms with Crippen molar-refractivity contribution in [3.8, 4) is 0 Å². The lowest BCUT2D eigenvalue weighted by Crippen LogP contribution is -2.61. The predicted octanol–water partition coefficient (Wildman–Crippen LogP) is 11.5. The third-order valence-corrected chi connectivity index (χ3v) is 13.3. The van der Waals surface area contributed by atoms with Crippen molar-refractivity contribution in [2.45, 2.75) is 294 Å². The number of hydrogen-bond donors (Lipinski definition) is 6. The lowest BCUT2D eigenvalue weighted by molar-refractivity contribution is -0.298. The first kappa shape index (κ1) is 60.9. The molecule has 0 saturated carbocycles. The second kappa shape index (κ2) is 42.0. The van der Waals surface area contributed by atoms with E-state index >= 15 is 0 Å². The fourth-order valence-corrected chi connectivity index (χ4v) is 9.20. The summed E-state index contributed by atoms with van der Waals surface area (Å²) in [5.41, 5.74) is 0. The Kier molecular flexibility index (Phi) is 39.9. The summed E-state index contributed by atoms with van der Waals surface area (Å²) in [7, 11) is -5.08. The predicted molar refractivity (Wildman–Crippen MR) is 259 cm³/mol. The number of carbonyl (C=O) groups excluding carboxylic acids is 1. The van der Waals surface area contributed by atoms with Gasteiger partial charge in [0.1, 0.15) is 24.4 Å². The van der Waals surface area contributed by atoms with Gasteiger partial charge in [-0.2, -0.15) is 8.42 Å². The Morgan fingerprint density at radius 1 is 0.609 bits per heavy atom. The summed E-state index contributed by atoms with van der Waals surface area (Å²) in [5, 5.41) is 45.0. The molecule has 0 aromatic carbocycles. The molecule has 12 nitrogen and oxygen atoms in total. The van der Waals surface area contributed by atoms with Gasteiger partial charge in [-0.25, -0.2) is 4.18 Å². The number of allylic oxidation sites excluding steroid dienone is 2. The molecule has 0 spiro atoms. The topological polar surface area (TPSA) is 192 Å². The molecule has 0 bridgehead atoms. The SMILES string of the molecule is CCCCCCCCCCCCC/C=C\CCCCCCCCCC(=O)NC(COC1OC(CO)C(O)C(OS(=O)(=O)O)C1O)C(O)CCCCCCCCCCCCCCCCC. The molecule has 0 aliphatic carbocycles. The second-order valence-corrected chi connectivity index (χ2v) is 19.9. The van der Waals surface area contributed by atoms with Gasteiger partial charge in [0.25, 0.3) is 0 Å². The number of carbonyl (C=O) groups is 1. The van der Waals surface area contributed by atoms with E-state index in [1.54, 1.807) is 0 Å². The zero-order valence-electron chi connectivity index (χ0n) is 40.9. The lowest BCUT2D eigenvalue weighted by atomic mass is 9.99. The van der Waals surface area contributed by atoms with Crippen LogP contribution in [-0.4, -0.2) is 95.4 Å². The highest BCUT2D eigenvalue weighted by Crippen LogP contribution is 2.26. The maximum absolute atomic E-state index is 13.1. The van der Waals surface area contributed by atoms with Crippen molar-refractivity contribution in [2.75, 3.05) is 13.2 Å². The van der Waals surface area contributed by atoms with E-state index in [1.165, 1.54) is 167 Å². The van der Waals surface area contributed by atoms with Crippen LogP contribution in [-0.2, 0) is 28.9 Å². The van der Waals surface area contributed by atoms with Crippen LogP contribution in [0.25, 0.3) is 0 Å². The fraction of sp³-hybridized carbons (Fsp3) is 0.941. The quantitative estimate of drug-likeness (QED) is 0.0193. The van der Waals surface area contributed by atoms with Gasteiger partial charge in [0.2, 0.25) is 5.91 Å². The first-order valence-corrected chi connectivity index (χ1v) is 27.9. The van der Waals surface area contributed by atoms with Gasteiger partial charge in [-0.15, -0.1) is 0 Å². The standard InChI is InChI=1S/C51H99NO11S/c1-3-5-7-9-11-13-15-17-19-20-21-22-23-24-25-27-29-31-33-35-37-39-41-47(55)52-44(43-61-51-49(57)50(63-64(58,59)60)48(56)46(42-53)62-51)45(54)40-38-36-34-32-30-28-26-18-16-14-12-10-8-6-4-2/h23-24,44-46,48-51,53-54,56-57H,3-22,25-43H2,1-2H3,(H,52,55)(H,58,59,60)/b24-23-. The third kappa shape index (κ3) is 34.2. The molecule has 0 aromatic rings. The minimum atomic E-state index is -5.08. The number of unbranched alkanes of at least 4 members (excludes halogenated alkanes) is 32. The summed E-state index contributed by atoms with van der Waals surface area (Å²) >= 11 is 0. The average Bonchev–Trinajstić information content (AvgIpc) is 3.27. The normalized spacial score (nSPS) is 20.3. The molecule has 6 N–H and O–H groups in total. The van der Waals surface area contributed by atoms with Crippen LogP contribution in [0.1, 0.15) is 251 Å². The Labute approximate surface area is 391 Å². The zero-order valence-corrected chi connectivity index (χ0v) is 41.7. The van der Waals surface area contributed by atoms with E-state index in [9.17, 15) is 38.2 Å². The largest absolute Gasteiger partial charge is 0.397 e. The molecule has 13 heteroatoms. The maximum atomic E-state index is 13.1. The van der Waals surface area contributed by atoms with E-state index in [4.69, 9.17) is 9.47 Å². The number of aliphatic hydroxyl groups is 4. The number of amides is 1. The van der Waals surface area contributed by atoms with Crippen molar-refractivity contribution in [3.05, 3.63) is 12.2 Å². The summed E-state index contributed by atoms with van der Waals surface area (Å²) in [4.78, 5) is 13.1. The molecule has 0 aromatic heterocycles. The van der Waals surface area contributed by atoms with Crippen LogP contribution in [0.4, 0.5) is 0 Å². The molecule has 380 valence electrons. The summed E-state index contributed by atoms with van der Waals surface area (Å²) in [6.07, 6.45) is 39.2. The smallest absolute Gasteiger partial charge is 0.394 e. The Balaban J connectivity index is 2.39. The number of rotatable bonds is 46. The molecule has 7 atom stereocenters. The fourth-order valence-electron chi connectivity index (χ4n) is 8.69. The minimum absolute atomic E-state index is 0.231. The van der Waals surface area contributed by atoms with Crippen LogP contribution < -0.4 is 5.32 Å². The average molecular weight is 934 g/mol. The maximum Gasteiger partial charge on any atom is 0.397 e. The van der Waals surface area contributed by atoms with Crippen molar-refractivity contribution in [1.82, 2.24) is 5.32 Å². The first-order valence-electron chi connectivity index (χ1n) is 26.6. The summed E-state index contributed by atoms with van der Waals surface area (Å²) < 4.78 is 47.8. The third-order valence-electron chi connectivity index (χ3n) is 12.8. The van der Waals surface area contributed by atoms with E-state index < -0.39 is 59.9 Å². The highest BCUT2D eigenvalue weighted by atomic mass is 32.3. The molecular weight excluding hydrogens is 835 g/mol. The van der Waals surface area contributed by atoms with Gasteiger partial charge >= 0.3 is 10.4 Å². The van der Waals surface area contributed by atoms with Crippen LogP contribution in [0.15, 0.2) is 12.2 Å². The lowest BCUT2D eigenvalue weighted by Gasteiger charge is -2.41. The number of hydrogen-bond acceptors (Lipinski definition) is 10. The Morgan fingerprint density at radius 3 is 1.41 bits per heavy atom. The molecule has 1 aliphatic rings. The van der Waals surface area contributed by atoms with Crippen LogP contribution in [0.3, 0.4) is 0 Å². The molecule has 1 amide bonds. The van der Waals surface area contributed by atoms with Gasteiger partial charge < -0.3 is 35.2 Å². The van der Waals surface area contributed by atoms with Gasteiger partial charge in [-0.1, -0.05) is 219 Å². The van der Waals surface area contributed by atoms with Gasteiger partial charge in [-0.05, 0) is 38.5 Å². The monoisotopic (exact) mass is 934 g/mol. The van der Waals surface area contributed by atoms with Crippen LogP contribution in [0, 0.1) is 0 Å². The minimum Gasteiger partial charge on any atom is -0.394 e. The van der Waals surface area contributed by atoms with E-state index in [0.717, 1.165) is 51.4 Å². The highest BCUT2D eigenvalue weighted by Gasteiger charge is 2.48. The highest BCUT2D eigenvalue weighted by molar-refractivity contribution is 7.80. The van der Waals surface area contributed by atoms with Gasteiger partial charge in [0, 0.05) is 6.42 Å². The molecule has 7 unspecified atom stereocenters. The molecule has 1 rings (SSSR count). The molecule has 1 fully saturated rings. The van der Waals surface area contributed by atoms with Crippen LogP contribution >= 0.6 is 0 Å². The van der Waals surface area contributed by atoms with E-state index in [2.05, 4.69) is 35.5 Å².